The number of carbonyl (C=O) groups is 2. The number of aromatic nitrogens is 3. The highest BCUT2D eigenvalue weighted by Gasteiger charge is 2.35. The van der Waals surface area contributed by atoms with E-state index in [2.05, 4.69) is 20.3 Å². The van der Waals surface area contributed by atoms with Crippen molar-refractivity contribution < 1.29 is 27.2 Å². The summed E-state index contributed by atoms with van der Waals surface area (Å²) in [5, 5.41) is 7.32. The first-order valence-electron chi connectivity index (χ1n) is 10.7. The Morgan fingerprint density at radius 2 is 1.83 bits per heavy atom. The smallest absolute Gasteiger partial charge is 0.367 e. The van der Waals surface area contributed by atoms with Gasteiger partial charge in [-0.15, -0.1) is 12.4 Å². The third-order valence-electron chi connectivity index (χ3n) is 5.91. The highest BCUT2D eigenvalue weighted by atomic mass is 35.5. The highest BCUT2D eigenvalue weighted by molar-refractivity contribution is 6.16. The second kappa shape index (κ2) is 10.3. The molecule has 36 heavy (non-hydrogen) atoms. The molecule has 0 unspecified atom stereocenters. The molecule has 3 aromatic rings. The summed E-state index contributed by atoms with van der Waals surface area (Å²) in [5.74, 6) is -1.47. The number of halogens is 5. The van der Waals surface area contributed by atoms with Gasteiger partial charge in [-0.25, -0.2) is 19.1 Å². The molecule has 9 nitrogen and oxygen atoms in total. The van der Waals surface area contributed by atoms with Crippen molar-refractivity contribution in [3.8, 4) is 0 Å². The fraction of sp³-hybridized carbons (Fsp3) is 0.364. The van der Waals surface area contributed by atoms with E-state index in [1.807, 2.05) is 11.9 Å². The molecule has 4 rings (SSSR count). The summed E-state index contributed by atoms with van der Waals surface area (Å²) < 4.78 is 54.5. The number of fused-ring (bicyclic) bond motifs is 1. The van der Waals surface area contributed by atoms with E-state index in [0.717, 1.165) is 24.1 Å². The zero-order chi connectivity index (χ0) is 25.5. The number of pyridine rings is 1. The second-order valence-electron chi connectivity index (χ2n) is 8.29. The number of amides is 3. The molecule has 14 heteroatoms. The van der Waals surface area contributed by atoms with Gasteiger partial charge in [0, 0.05) is 38.9 Å². The molecule has 3 heterocycles. The SMILES string of the molecule is Cc1nn(C)c2ncc(N(C=O)C(=O)Nc3ccc(F)c(C(F)(F)F)c3)c(N3CCN(C)CC3)c12.Cl. The number of nitrogens with one attached hydrogen (secondary N) is 1. The van der Waals surface area contributed by atoms with Crippen LogP contribution in [0.15, 0.2) is 24.4 Å². The number of anilines is 3. The molecule has 0 saturated carbocycles. The molecule has 0 atom stereocenters. The molecule has 0 spiro atoms. The molecule has 0 bridgehead atoms. The molecule has 1 aromatic carbocycles. The number of rotatable bonds is 4. The molecule has 3 amide bonds. The maximum atomic E-state index is 13.6. The van der Waals surface area contributed by atoms with E-state index in [1.165, 1.54) is 6.20 Å². The van der Waals surface area contributed by atoms with E-state index in [1.54, 1.807) is 18.7 Å². The van der Waals surface area contributed by atoms with Crippen LogP contribution in [0.25, 0.3) is 11.0 Å². The van der Waals surface area contributed by atoms with Gasteiger partial charge in [-0.05, 0) is 32.2 Å². The van der Waals surface area contributed by atoms with Crippen LogP contribution in [0.2, 0.25) is 0 Å². The molecule has 2 aromatic heterocycles. The molecule has 1 aliphatic heterocycles. The van der Waals surface area contributed by atoms with Crippen molar-refractivity contribution in [1.82, 2.24) is 19.7 Å². The van der Waals surface area contributed by atoms with E-state index < -0.39 is 23.6 Å². The maximum Gasteiger partial charge on any atom is 0.419 e. The van der Waals surface area contributed by atoms with Crippen LogP contribution in [0.3, 0.4) is 0 Å². The van der Waals surface area contributed by atoms with Gasteiger partial charge in [-0.2, -0.15) is 18.3 Å². The number of hydrogen-bond donors (Lipinski definition) is 1. The number of carbonyl (C=O) groups excluding carboxylic acids is 2. The number of hydrogen-bond acceptors (Lipinski definition) is 6. The number of alkyl halides is 3. The van der Waals surface area contributed by atoms with Crippen LogP contribution in [-0.4, -0.2) is 65.3 Å². The predicted molar refractivity (Wildman–Crippen MR) is 129 cm³/mol. The minimum absolute atomic E-state index is 0. The van der Waals surface area contributed by atoms with Gasteiger partial charge in [0.2, 0.25) is 6.41 Å². The van der Waals surface area contributed by atoms with Crippen molar-refractivity contribution in [1.29, 1.82) is 0 Å². The average molecular weight is 530 g/mol. The third-order valence-corrected chi connectivity index (χ3v) is 5.91. The van der Waals surface area contributed by atoms with Gasteiger partial charge in [-0.3, -0.25) is 9.48 Å². The van der Waals surface area contributed by atoms with Gasteiger partial charge in [0.25, 0.3) is 0 Å². The zero-order valence-corrected chi connectivity index (χ0v) is 20.5. The van der Waals surface area contributed by atoms with Gasteiger partial charge >= 0.3 is 12.2 Å². The van der Waals surface area contributed by atoms with Gasteiger partial charge in [0.1, 0.15) is 5.82 Å². The minimum atomic E-state index is -4.95. The lowest BCUT2D eigenvalue weighted by molar-refractivity contribution is -0.139. The molecular weight excluding hydrogens is 506 g/mol. The highest BCUT2D eigenvalue weighted by Crippen LogP contribution is 2.38. The lowest BCUT2D eigenvalue weighted by Crippen LogP contribution is -2.45. The summed E-state index contributed by atoms with van der Waals surface area (Å²) in [6.07, 6.45) is -3.33. The fourth-order valence-corrected chi connectivity index (χ4v) is 4.13. The number of benzene rings is 1. The van der Waals surface area contributed by atoms with Crippen LogP contribution < -0.4 is 15.1 Å². The summed E-state index contributed by atoms with van der Waals surface area (Å²) in [6, 6.07) is 1.05. The van der Waals surface area contributed by atoms with E-state index in [4.69, 9.17) is 0 Å². The lowest BCUT2D eigenvalue weighted by Gasteiger charge is -2.36. The Morgan fingerprint density at radius 3 is 2.44 bits per heavy atom. The van der Waals surface area contributed by atoms with Crippen LogP contribution in [-0.2, 0) is 18.0 Å². The second-order valence-corrected chi connectivity index (χ2v) is 8.29. The predicted octanol–water partition coefficient (Wildman–Crippen LogP) is 3.80. The summed E-state index contributed by atoms with van der Waals surface area (Å²) in [7, 11) is 3.71. The normalized spacial score (nSPS) is 14.5. The topological polar surface area (TPSA) is 86.6 Å². The van der Waals surface area contributed by atoms with Crippen LogP contribution in [0.1, 0.15) is 11.3 Å². The van der Waals surface area contributed by atoms with Crippen LogP contribution in [0, 0.1) is 12.7 Å². The van der Waals surface area contributed by atoms with Crippen molar-refractivity contribution >= 4 is 52.9 Å². The fourth-order valence-electron chi connectivity index (χ4n) is 4.13. The molecule has 194 valence electrons. The summed E-state index contributed by atoms with van der Waals surface area (Å²) in [4.78, 5) is 34.4. The van der Waals surface area contributed by atoms with Crippen LogP contribution in [0.4, 0.5) is 39.4 Å². The Kier molecular flexibility index (Phi) is 7.74. The van der Waals surface area contributed by atoms with Crippen molar-refractivity contribution in [2.45, 2.75) is 13.1 Å². The number of piperazine rings is 1. The van der Waals surface area contributed by atoms with Gasteiger partial charge < -0.3 is 15.1 Å². The molecule has 1 N–H and O–H groups in total. The maximum absolute atomic E-state index is 13.6. The quantitative estimate of drug-likeness (QED) is 0.409. The van der Waals surface area contributed by atoms with Crippen molar-refractivity contribution in [3.63, 3.8) is 0 Å². The van der Waals surface area contributed by atoms with E-state index in [9.17, 15) is 27.2 Å². The van der Waals surface area contributed by atoms with Crippen molar-refractivity contribution in [2.75, 3.05) is 48.3 Å². The van der Waals surface area contributed by atoms with Crippen LogP contribution in [0.5, 0.6) is 0 Å². The Morgan fingerprint density at radius 1 is 1.17 bits per heavy atom. The molecule has 1 aliphatic rings. The Labute approximate surface area is 210 Å². The monoisotopic (exact) mass is 529 g/mol. The molecule has 1 saturated heterocycles. The van der Waals surface area contributed by atoms with Gasteiger partial charge in [0.05, 0.1) is 34.2 Å². The molecule has 1 fully saturated rings. The Hall–Kier alpha value is -3.45. The molecule has 0 radical (unpaired) electrons. The van der Waals surface area contributed by atoms with Crippen molar-refractivity contribution in [2.24, 2.45) is 7.05 Å². The number of likely N-dealkylation sites (N-methyl/N-ethyl adjacent to an activating group) is 1. The summed E-state index contributed by atoms with van der Waals surface area (Å²) in [5.41, 5.74) is 0.0866. The summed E-state index contributed by atoms with van der Waals surface area (Å²) >= 11 is 0. The van der Waals surface area contributed by atoms with E-state index >= 15 is 0 Å². The molecular formula is C22H24ClF4N7O2. The number of nitrogens with zero attached hydrogens (tertiary/aromatic N) is 6. The first-order chi connectivity index (χ1) is 16.5. The van der Waals surface area contributed by atoms with E-state index in [-0.39, 0.29) is 30.2 Å². The average Bonchev–Trinajstić information content (AvgIpc) is 3.09. The van der Waals surface area contributed by atoms with E-state index in [0.29, 0.717) is 47.6 Å². The zero-order valence-electron chi connectivity index (χ0n) is 19.6. The Bertz CT molecular complexity index is 1290. The summed E-state index contributed by atoms with van der Waals surface area (Å²) in [6.45, 7) is 4.49. The lowest BCUT2D eigenvalue weighted by atomic mass is 10.1. The van der Waals surface area contributed by atoms with Gasteiger partial charge in [-0.1, -0.05) is 0 Å². The number of urea groups is 1. The third kappa shape index (κ3) is 5.07. The number of aryl methyl sites for hydroxylation is 2. The Balaban J connectivity index is 0.00000361. The first kappa shape index (κ1) is 27.1. The largest absolute Gasteiger partial charge is 0.419 e. The van der Waals surface area contributed by atoms with Crippen LogP contribution >= 0.6 is 12.4 Å². The first-order valence-corrected chi connectivity index (χ1v) is 10.7. The minimum Gasteiger partial charge on any atom is -0.367 e. The molecule has 0 aliphatic carbocycles. The van der Waals surface area contributed by atoms with Crippen molar-refractivity contribution in [3.05, 3.63) is 41.5 Å². The number of imide groups is 1. The van der Waals surface area contributed by atoms with Gasteiger partial charge in [0.15, 0.2) is 5.65 Å². The standard InChI is InChI=1S/C22H23F4N7O2.ClH/c1-13-18-19(32-8-6-30(2)7-9-32)17(11-27-20(18)31(3)29-13)33(12-34)21(35)28-14-4-5-16(23)15(10-14)22(24,25)26;/h4-5,10-12H,6-9H2,1-3H3,(H,28,35);1H.